The highest BCUT2D eigenvalue weighted by Crippen LogP contribution is 2.29. The summed E-state index contributed by atoms with van der Waals surface area (Å²) < 4.78 is 0. The van der Waals surface area contributed by atoms with Gasteiger partial charge >= 0.3 is 0 Å². The fourth-order valence-electron chi connectivity index (χ4n) is 2.52. The molecule has 4 heteroatoms. The normalized spacial score (nSPS) is 24.2. The second kappa shape index (κ2) is 5.38. The third kappa shape index (κ3) is 3.18. The van der Waals surface area contributed by atoms with Crippen LogP contribution in [0.25, 0.3) is 0 Å². The molecular weight excluding hydrogens is 267 g/mol. The van der Waals surface area contributed by atoms with Gasteiger partial charge in [-0.2, -0.15) is 0 Å². The van der Waals surface area contributed by atoms with Crippen LogP contribution < -0.4 is 5.73 Å². The van der Waals surface area contributed by atoms with E-state index in [1.807, 2.05) is 18.2 Å². The fourth-order valence-corrected chi connectivity index (χ4v) is 2.84. The lowest BCUT2D eigenvalue weighted by Gasteiger charge is -2.42. The molecule has 1 heterocycles. The van der Waals surface area contributed by atoms with Crippen molar-refractivity contribution in [3.05, 3.63) is 33.8 Å². The van der Waals surface area contributed by atoms with Crippen molar-refractivity contribution < 1.29 is 0 Å². The smallest absolute Gasteiger partial charge is 0.0595 e. The Hall–Kier alpha value is -0.280. The number of nitrogens with two attached hydrogens (primary N) is 1. The maximum Gasteiger partial charge on any atom is 0.0595 e. The van der Waals surface area contributed by atoms with E-state index in [0.717, 1.165) is 26.1 Å². The molecule has 1 fully saturated rings. The number of benzene rings is 1. The van der Waals surface area contributed by atoms with Crippen LogP contribution in [0.1, 0.15) is 25.8 Å². The van der Waals surface area contributed by atoms with Crippen LogP contribution in [0, 0.1) is 5.41 Å². The molecule has 1 saturated heterocycles. The van der Waals surface area contributed by atoms with Gasteiger partial charge in [0.05, 0.1) is 10.0 Å². The first kappa shape index (κ1) is 14.1. The van der Waals surface area contributed by atoms with Crippen molar-refractivity contribution in [2.45, 2.75) is 32.9 Å². The van der Waals surface area contributed by atoms with Gasteiger partial charge in [0.1, 0.15) is 0 Å². The lowest BCUT2D eigenvalue weighted by atomic mass is 9.79. The van der Waals surface area contributed by atoms with Crippen molar-refractivity contribution in [3.8, 4) is 0 Å². The minimum absolute atomic E-state index is 0.175. The van der Waals surface area contributed by atoms with Crippen LogP contribution in [-0.2, 0) is 6.54 Å². The summed E-state index contributed by atoms with van der Waals surface area (Å²) in [6.07, 6.45) is 1.05. The lowest BCUT2D eigenvalue weighted by molar-refractivity contribution is 0.0899. The molecule has 0 spiro atoms. The molecule has 1 unspecified atom stereocenters. The molecule has 0 bridgehead atoms. The monoisotopic (exact) mass is 286 g/mol. The molecule has 1 aliphatic heterocycles. The van der Waals surface area contributed by atoms with Gasteiger partial charge in [-0.3, -0.25) is 4.90 Å². The van der Waals surface area contributed by atoms with Crippen LogP contribution in [0.5, 0.6) is 0 Å². The van der Waals surface area contributed by atoms with E-state index in [2.05, 4.69) is 18.7 Å². The molecule has 0 aromatic heterocycles. The van der Waals surface area contributed by atoms with Crippen LogP contribution in [0.15, 0.2) is 18.2 Å². The fraction of sp³-hybridized carbons (Fsp3) is 0.571. The van der Waals surface area contributed by atoms with Crippen molar-refractivity contribution in [1.29, 1.82) is 0 Å². The van der Waals surface area contributed by atoms with Crippen LogP contribution in [0.4, 0.5) is 0 Å². The predicted octanol–water partition coefficient (Wildman–Crippen LogP) is 3.55. The molecule has 1 aromatic rings. The minimum Gasteiger partial charge on any atom is -0.327 e. The Kier molecular flexibility index (Phi) is 4.22. The molecule has 100 valence electrons. The van der Waals surface area contributed by atoms with E-state index in [1.165, 1.54) is 5.56 Å². The number of piperidine rings is 1. The summed E-state index contributed by atoms with van der Waals surface area (Å²) in [6.45, 7) is 7.45. The van der Waals surface area contributed by atoms with Gasteiger partial charge in [0, 0.05) is 25.7 Å². The third-order valence-electron chi connectivity index (χ3n) is 3.78. The van der Waals surface area contributed by atoms with Crippen LogP contribution in [0.2, 0.25) is 10.0 Å². The summed E-state index contributed by atoms with van der Waals surface area (Å²) in [6, 6.07) is 6.14. The Morgan fingerprint density at radius 2 is 2.06 bits per heavy atom. The zero-order valence-electron chi connectivity index (χ0n) is 10.9. The maximum atomic E-state index is 6.15. The highest BCUT2D eigenvalue weighted by atomic mass is 35.5. The lowest BCUT2D eigenvalue weighted by Crippen LogP contribution is -2.52. The highest BCUT2D eigenvalue weighted by molar-refractivity contribution is 6.42. The average molecular weight is 287 g/mol. The Bertz CT molecular complexity index is 432. The summed E-state index contributed by atoms with van der Waals surface area (Å²) in [5.41, 5.74) is 7.53. The van der Waals surface area contributed by atoms with Gasteiger partial charge < -0.3 is 5.73 Å². The van der Waals surface area contributed by atoms with E-state index in [4.69, 9.17) is 28.9 Å². The molecule has 1 aliphatic rings. The van der Waals surface area contributed by atoms with E-state index in [1.54, 1.807) is 0 Å². The first-order chi connectivity index (χ1) is 8.38. The van der Waals surface area contributed by atoms with Crippen molar-refractivity contribution in [3.63, 3.8) is 0 Å². The first-order valence-corrected chi connectivity index (χ1v) is 7.06. The Labute approximate surface area is 119 Å². The number of hydrogen-bond acceptors (Lipinski definition) is 2. The molecular formula is C14H20Cl2N2. The standard InChI is InChI=1S/C14H20Cl2N2/c1-14(2)9-18(6-5-13(14)17)8-10-3-4-11(15)12(16)7-10/h3-4,7,13H,5-6,8-9,17H2,1-2H3. The summed E-state index contributed by atoms with van der Waals surface area (Å²) in [5, 5.41) is 1.24. The maximum absolute atomic E-state index is 6.15. The summed E-state index contributed by atoms with van der Waals surface area (Å²) in [7, 11) is 0. The van der Waals surface area contributed by atoms with Crippen molar-refractivity contribution in [2.24, 2.45) is 11.1 Å². The zero-order valence-corrected chi connectivity index (χ0v) is 12.4. The molecule has 0 aliphatic carbocycles. The number of rotatable bonds is 2. The largest absolute Gasteiger partial charge is 0.327 e. The molecule has 0 amide bonds. The van der Waals surface area contributed by atoms with E-state index in [0.29, 0.717) is 16.1 Å². The summed E-state index contributed by atoms with van der Waals surface area (Å²) >= 11 is 12.0. The second-order valence-electron chi connectivity index (χ2n) is 5.84. The van der Waals surface area contributed by atoms with E-state index >= 15 is 0 Å². The Balaban J connectivity index is 2.04. The molecule has 18 heavy (non-hydrogen) atoms. The van der Waals surface area contributed by atoms with Gasteiger partial charge in [-0.1, -0.05) is 43.1 Å². The van der Waals surface area contributed by atoms with Crippen molar-refractivity contribution in [2.75, 3.05) is 13.1 Å². The van der Waals surface area contributed by atoms with Crippen molar-refractivity contribution in [1.82, 2.24) is 4.90 Å². The molecule has 2 nitrogen and oxygen atoms in total. The van der Waals surface area contributed by atoms with Crippen LogP contribution in [-0.4, -0.2) is 24.0 Å². The van der Waals surface area contributed by atoms with E-state index in [-0.39, 0.29) is 5.41 Å². The van der Waals surface area contributed by atoms with Gasteiger partial charge in [0.25, 0.3) is 0 Å². The Morgan fingerprint density at radius 1 is 1.33 bits per heavy atom. The number of halogens is 2. The topological polar surface area (TPSA) is 29.3 Å². The molecule has 1 atom stereocenters. The molecule has 1 aromatic carbocycles. The van der Waals surface area contributed by atoms with Gasteiger partial charge in [-0.05, 0) is 29.5 Å². The van der Waals surface area contributed by atoms with Crippen molar-refractivity contribution >= 4 is 23.2 Å². The number of hydrogen-bond donors (Lipinski definition) is 1. The molecule has 2 rings (SSSR count). The highest BCUT2D eigenvalue weighted by Gasteiger charge is 2.33. The number of nitrogens with zero attached hydrogens (tertiary/aromatic N) is 1. The van der Waals surface area contributed by atoms with Crippen LogP contribution >= 0.6 is 23.2 Å². The predicted molar refractivity (Wildman–Crippen MR) is 78.1 cm³/mol. The SMILES string of the molecule is CC1(C)CN(Cc2ccc(Cl)c(Cl)c2)CCC1N. The quantitative estimate of drug-likeness (QED) is 0.901. The second-order valence-corrected chi connectivity index (χ2v) is 6.66. The minimum atomic E-state index is 0.175. The number of likely N-dealkylation sites (tertiary alicyclic amines) is 1. The Morgan fingerprint density at radius 3 is 2.67 bits per heavy atom. The first-order valence-electron chi connectivity index (χ1n) is 6.30. The van der Waals surface area contributed by atoms with Crippen LogP contribution in [0.3, 0.4) is 0 Å². The van der Waals surface area contributed by atoms with Gasteiger partial charge in [0.2, 0.25) is 0 Å². The van der Waals surface area contributed by atoms with Gasteiger partial charge in [0.15, 0.2) is 0 Å². The zero-order chi connectivity index (χ0) is 13.3. The summed E-state index contributed by atoms with van der Waals surface area (Å²) in [5.74, 6) is 0. The molecule has 0 radical (unpaired) electrons. The van der Waals surface area contributed by atoms with Gasteiger partial charge in [-0.15, -0.1) is 0 Å². The summed E-state index contributed by atoms with van der Waals surface area (Å²) in [4.78, 5) is 2.43. The van der Waals surface area contributed by atoms with E-state index < -0.39 is 0 Å². The third-order valence-corrected chi connectivity index (χ3v) is 4.52. The molecule has 2 N–H and O–H groups in total. The average Bonchev–Trinajstić information content (AvgIpc) is 2.28. The molecule has 0 saturated carbocycles. The van der Waals surface area contributed by atoms with E-state index in [9.17, 15) is 0 Å². The van der Waals surface area contributed by atoms with Gasteiger partial charge in [-0.25, -0.2) is 0 Å².